The van der Waals surface area contributed by atoms with Gasteiger partial charge in [-0.05, 0) is 30.7 Å². The highest BCUT2D eigenvalue weighted by Crippen LogP contribution is 1.95. The molecule has 0 spiro atoms. The summed E-state index contributed by atoms with van der Waals surface area (Å²) >= 11 is 0. The lowest BCUT2D eigenvalue weighted by molar-refractivity contribution is 1.19. The van der Waals surface area contributed by atoms with Crippen LogP contribution in [-0.2, 0) is 0 Å². The second-order valence-electron chi connectivity index (χ2n) is 3.39. The van der Waals surface area contributed by atoms with E-state index in [4.69, 9.17) is 5.73 Å². The molecule has 0 atom stereocenters. The van der Waals surface area contributed by atoms with Gasteiger partial charge >= 0.3 is 0 Å². The monoisotopic (exact) mass is 175 g/mol. The molecule has 0 aliphatic heterocycles. The van der Waals surface area contributed by atoms with Gasteiger partial charge in [0.2, 0.25) is 0 Å². The number of aryl methyl sites for hydroxylation is 1. The molecule has 0 unspecified atom stereocenters. The van der Waals surface area contributed by atoms with Crippen molar-refractivity contribution in [2.75, 3.05) is 0 Å². The van der Waals surface area contributed by atoms with Gasteiger partial charge in [0.05, 0.1) is 0 Å². The number of hydrogen-bond donors (Lipinski definition) is 1. The topological polar surface area (TPSA) is 26.0 Å². The van der Waals surface area contributed by atoms with Crippen LogP contribution >= 0.6 is 0 Å². The van der Waals surface area contributed by atoms with E-state index >= 15 is 0 Å². The van der Waals surface area contributed by atoms with Crippen molar-refractivity contribution in [1.29, 1.82) is 0 Å². The average Bonchev–Trinajstić information content (AvgIpc) is 2.16. The Labute approximate surface area is 79.6 Å². The first-order valence-electron chi connectivity index (χ1n) is 4.67. The van der Waals surface area contributed by atoms with Crippen LogP contribution < -0.4 is 16.2 Å². The quantitative estimate of drug-likeness (QED) is 0.683. The number of nitrogens with two attached hydrogens (primary N) is 1. The SMILES string of the molecule is CC/C(C)=c1/cc(C)cc/c1=C/N. The molecule has 1 rings (SSSR count). The highest BCUT2D eigenvalue weighted by atomic mass is 14.5. The normalized spacial score (nSPS) is 14.5. The first-order chi connectivity index (χ1) is 6.19. The second kappa shape index (κ2) is 4.13. The molecule has 0 bridgehead atoms. The van der Waals surface area contributed by atoms with E-state index in [-0.39, 0.29) is 0 Å². The van der Waals surface area contributed by atoms with E-state index in [9.17, 15) is 0 Å². The maximum Gasteiger partial charge on any atom is 0.00175 e. The van der Waals surface area contributed by atoms with Crippen LogP contribution in [-0.4, -0.2) is 0 Å². The summed E-state index contributed by atoms with van der Waals surface area (Å²) in [6, 6.07) is 6.35. The van der Waals surface area contributed by atoms with Gasteiger partial charge in [0.1, 0.15) is 0 Å². The van der Waals surface area contributed by atoms with Crippen LogP contribution in [0.25, 0.3) is 11.8 Å². The second-order valence-corrected chi connectivity index (χ2v) is 3.39. The molecular formula is C12H17N. The third-order valence-electron chi connectivity index (χ3n) is 2.38. The lowest BCUT2D eigenvalue weighted by atomic mass is 10.1. The molecule has 1 nitrogen and oxygen atoms in total. The van der Waals surface area contributed by atoms with Crippen molar-refractivity contribution in [1.82, 2.24) is 0 Å². The number of rotatable bonds is 1. The zero-order valence-corrected chi connectivity index (χ0v) is 8.59. The largest absolute Gasteiger partial charge is 0.404 e. The molecular weight excluding hydrogens is 158 g/mol. The van der Waals surface area contributed by atoms with Gasteiger partial charge in [-0.25, -0.2) is 0 Å². The number of hydrogen-bond acceptors (Lipinski definition) is 1. The van der Waals surface area contributed by atoms with Gasteiger partial charge in [-0.1, -0.05) is 36.3 Å². The van der Waals surface area contributed by atoms with Crippen LogP contribution in [0, 0.1) is 6.92 Å². The molecule has 2 N–H and O–H groups in total. The van der Waals surface area contributed by atoms with Crippen molar-refractivity contribution in [3.05, 3.63) is 34.2 Å². The van der Waals surface area contributed by atoms with Crippen molar-refractivity contribution < 1.29 is 0 Å². The molecule has 0 fully saturated rings. The van der Waals surface area contributed by atoms with E-state index in [1.807, 2.05) is 0 Å². The van der Waals surface area contributed by atoms with Crippen molar-refractivity contribution in [3.8, 4) is 0 Å². The van der Waals surface area contributed by atoms with Gasteiger partial charge in [0, 0.05) is 6.20 Å². The molecule has 0 aliphatic carbocycles. The minimum atomic E-state index is 1.07. The van der Waals surface area contributed by atoms with Gasteiger partial charge in [-0.15, -0.1) is 0 Å². The van der Waals surface area contributed by atoms with Crippen LogP contribution in [0.1, 0.15) is 25.8 Å². The molecule has 1 heteroatoms. The summed E-state index contributed by atoms with van der Waals surface area (Å²) in [5, 5.41) is 2.41. The van der Waals surface area contributed by atoms with E-state index in [2.05, 4.69) is 39.0 Å². The summed E-state index contributed by atoms with van der Waals surface area (Å²) in [6.45, 7) is 6.42. The zero-order chi connectivity index (χ0) is 9.84. The summed E-state index contributed by atoms with van der Waals surface area (Å²) < 4.78 is 0. The molecule has 0 heterocycles. The predicted octanol–water partition coefficient (Wildman–Crippen LogP) is 1.27. The Kier molecular flexibility index (Phi) is 3.13. The van der Waals surface area contributed by atoms with Crippen LogP contribution in [0.3, 0.4) is 0 Å². The molecule has 0 aliphatic rings. The predicted molar refractivity (Wildman–Crippen MR) is 58.5 cm³/mol. The average molecular weight is 175 g/mol. The van der Waals surface area contributed by atoms with Crippen LogP contribution in [0.2, 0.25) is 0 Å². The first-order valence-corrected chi connectivity index (χ1v) is 4.67. The highest BCUT2D eigenvalue weighted by molar-refractivity contribution is 5.44. The lowest BCUT2D eigenvalue weighted by Gasteiger charge is -1.98. The zero-order valence-electron chi connectivity index (χ0n) is 8.59. The fourth-order valence-electron chi connectivity index (χ4n) is 1.38. The minimum absolute atomic E-state index is 1.07. The van der Waals surface area contributed by atoms with Crippen LogP contribution in [0.15, 0.2) is 18.2 Å². The molecule has 0 saturated heterocycles. The summed E-state index contributed by atoms with van der Waals surface area (Å²) in [6.07, 6.45) is 2.75. The van der Waals surface area contributed by atoms with Crippen molar-refractivity contribution in [2.24, 2.45) is 5.73 Å². The van der Waals surface area contributed by atoms with E-state index in [0.29, 0.717) is 0 Å². The molecule has 1 aromatic rings. The smallest absolute Gasteiger partial charge is 0.00175 e. The Hall–Kier alpha value is -1.24. The van der Waals surface area contributed by atoms with E-state index in [1.165, 1.54) is 16.4 Å². The Morgan fingerprint density at radius 3 is 2.69 bits per heavy atom. The molecule has 0 saturated carbocycles. The molecule has 0 amide bonds. The Morgan fingerprint density at radius 1 is 1.46 bits per heavy atom. The van der Waals surface area contributed by atoms with Gasteiger partial charge in [0.15, 0.2) is 0 Å². The summed E-state index contributed by atoms with van der Waals surface area (Å²) in [5.41, 5.74) is 8.23. The molecule has 0 radical (unpaired) electrons. The maximum absolute atomic E-state index is 5.55. The highest BCUT2D eigenvalue weighted by Gasteiger charge is 1.91. The molecule has 0 aromatic heterocycles. The summed E-state index contributed by atoms with van der Waals surface area (Å²) in [4.78, 5) is 0. The molecule has 1 aromatic carbocycles. The third kappa shape index (κ3) is 2.11. The fraction of sp³-hybridized carbons (Fsp3) is 0.333. The van der Waals surface area contributed by atoms with E-state index in [1.54, 1.807) is 6.20 Å². The van der Waals surface area contributed by atoms with Gasteiger partial charge in [0.25, 0.3) is 0 Å². The standard InChI is InChI=1S/C12H17N/c1-4-10(3)12-7-9(2)5-6-11(12)8-13/h5-8H,4,13H2,1-3H3/b11-8-,12-10-. The van der Waals surface area contributed by atoms with Gasteiger partial charge in [-0.2, -0.15) is 0 Å². The summed E-state index contributed by atoms with van der Waals surface area (Å²) in [7, 11) is 0. The summed E-state index contributed by atoms with van der Waals surface area (Å²) in [5.74, 6) is 0. The Morgan fingerprint density at radius 2 is 2.15 bits per heavy atom. The molecule has 13 heavy (non-hydrogen) atoms. The van der Waals surface area contributed by atoms with Crippen molar-refractivity contribution >= 4 is 11.8 Å². The van der Waals surface area contributed by atoms with Gasteiger partial charge < -0.3 is 5.73 Å². The van der Waals surface area contributed by atoms with E-state index < -0.39 is 0 Å². The van der Waals surface area contributed by atoms with Gasteiger partial charge in [-0.3, -0.25) is 0 Å². The van der Waals surface area contributed by atoms with E-state index in [0.717, 1.165) is 11.6 Å². The first kappa shape index (κ1) is 9.85. The van der Waals surface area contributed by atoms with Crippen molar-refractivity contribution in [2.45, 2.75) is 27.2 Å². The maximum atomic E-state index is 5.55. The third-order valence-corrected chi connectivity index (χ3v) is 2.38. The Bertz CT molecular complexity index is 402. The lowest BCUT2D eigenvalue weighted by Crippen LogP contribution is -2.27. The Balaban J connectivity index is 3.60. The number of benzene rings is 1. The van der Waals surface area contributed by atoms with Crippen LogP contribution in [0.4, 0.5) is 0 Å². The van der Waals surface area contributed by atoms with Crippen molar-refractivity contribution in [3.63, 3.8) is 0 Å². The van der Waals surface area contributed by atoms with Crippen LogP contribution in [0.5, 0.6) is 0 Å². The minimum Gasteiger partial charge on any atom is -0.404 e. The fourth-order valence-corrected chi connectivity index (χ4v) is 1.38. The molecule has 70 valence electrons.